The molecule has 102 valence electrons. The number of aromatic nitrogens is 4. The fourth-order valence-corrected chi connectivity index (χ4v) is 2.52. The van der Waals surface area contributed by atoms with Crippen molar-refractivity contribution in [3.8, 4) is 0 Å². The summed E-state index contributed by atoms with van der Waals surface area (Å²) >= 11 is 0. The first kappa shape index (κ1) is 12.7. The predicted octanol–water partition coefficient (Wildman–Crippen LogP) is 2.06. The highest BCUT2D eigenvalue weighted by Gasteiger charge is 2.19. The monoisotopic (exact) mass is 267 g/mol. The number of pyridine rings is 1. The number of fused-ring (bicyclic) bond motifs is 1. The quantitative estimate of drug-likeness (QED) is 0.786. The lowest BCUT2D eigenvalue weighted by Crippen LogP contribution is -2.24. The Balaban J connectivity index is 2.17. The molecule has 0 radical (unpaired) electrons. The lowest BCUT2D eigenvalue weighted by Gasteiger charge is -2.19. The SMILES string of the molecule is CCNC(c1cccc2ncccc12)c1cnnn1C. The summed E-state index contributed by atoms with van der Waals surface area (Å²) in [6, 6.07) is 10.3. The van der Waals surface area contributed by atoms with Crippen LogP contribution in [-0.4, -0.2) is 26.5 Å². The van der Waals surface area contributed by atoms with Gasteiger partial charge in [-0.05, 0) is 24.2 Å². The highest BCUT2D eigenvalue weighted by molar-refractivity contribution is 5.82. The summed E-state index contributed by atoms with van der Waals surface area (Å²) in [6.45, 7) is 2.96. The number of nitrogens with zero attached hydrogens (tertiary/aromatic N) is 4. The van der Waals surface area contributed by atoms with Crippen molar-refractivity contribution < 1.29 is 0 Å². The zero-order valence-electron chi connectivity index (χ0n) is 11.6. The van der Waals surface area contributed by atoms with E-state index in [2.05, 4.69) is 39.7 Å². The van der Waals surface area contributed by atoms with Crippen molar-refractivity contribution in [3.05, 3.63) is 54.0 Å². The Morgan fingerprint density at radius 1 is 1.25 bits per heavy atom. The van der Waals surface area contributed by atoms with Gasteiger partial charge in [-0.15, -0.1) is 5.10 Å². The highest BCUT2D eigenvalue weighted by atomic mass is 15.4. The molecule has 0 spiro atoms. The summed E-state index contributed by atoms with van der Waals surface area (Å²) in [4.78, 5) is 4.42. The van der Waals surface area contributed by atoms with Crippen LogP contribution in [-0.2, 0) is 7.05 Å². The normalized spacial score (nSPS) is 12.7. The van der Waals surface area contributed by atoms with E-state index in [4.69, 9.17) is 0 Å². The minimum atomic E-state index is 0.0629. The van der Waals surface area contributed by atoms with Crippen molar-refractivity contribution in [1.29, 1.82) is 0 Å². The molecule has 0 aliphatic rings. The molecule has 3 aromatic rings. The topological polar surface area (TPSA) is 55.6 Å². The predicted molar refractivity (Wildman–Crippen MR) is 78.3 cm³/mol. The number of benzene rings is 1. The van der Waals surface area contributed by atoms with Crippen molar-refractivity contribution >= 4 is 10.9 Å². The molecule has 2 heterocycles. The van der Waals surface area contributed by atoms with Crippen molar-refractivity contribution in [2.75, 3.05) is 6.54 Å². The van der Waals surface area contributed by atoms with E-state index in [1.54, 1.807) is 0 Å². The van der Waals surface area contributed by atoms with Crippen LogP contribution in [0.4, 0.5) is 0 Å². The molecule has 1 N–H and O–H groups in total. The number of nitrogens with one attached hydrogen (secondary N) is 1. The summed E-state index contributed by atoms with van der Waals surface area (Å²) in [6.07, 6.45) is 3.63. The van der Waals surface area contributed by atoms with Crippen molar-refractivity contribution in [1.82, 2.24) is 25.3 Å². The summed E-state index contributed by atoms with van der Waals surface area (Å²) in [5.74, 6) is 0. The number of rotatable bonds is 4. The van der Waals surface area contributed by atoms with Crippen LogP contribution in [0.3, 0.4) is 0 Å². The van der Waals surface area contributed by atoms with Crippen LogP contribution in [0.1, 0.15) is 24.2 Å². The molecule has 20 heavy (non-hydrogen) atoms. The second kappa shape index (κ2) is 5.38. The average Bonchev–Trinajstić information content (AvgIpc) is 2.90. The van der Waals surface area contributed by atoms with Crippen LogP contribution in [0.15, 0.2) is 42.7 Å². The first-order valence-electron chi connectivity index (χ1n) is 6.73. The zero-order chi connectivity index (χ0) is 13.9. The molecule has 5 heteroatoms. The van der Waals surface area contributed by atoms with E-state index in [0.29, 0.717) is 0 Å². The van der Waals surface area contributed by atoms with Gasteiger partial charge in [0.2, 0.25) is 0 Å². The van der Waals surface area contributed by atoms with Gasteiger partial charge in [0.1, 0.15) is 0 Å². The zero-order valence-corrected chi connectivity index (χ0v) is 11.6. The molecule has 0 aliphatic heterocycles. The van der Waals surface area contributed by atoms with E-state index in [1.807, 2.05) is 42.3 Å². The van der Waals surface area contributed by atoms with Crippen LogP contribution in [0.5, 0.6) is 0 Å². The Hall–Kier alpha value is -2.27. The fraction of sp³-hybridized carbons (Fsp3) is 0.267. The largest absolute Gasteiger partial charge is 0.305 e. The van der Waals surface area contributed by atoms with Crippen LogP contribution < -0.4 is 5.32 Å². The lowest BCUT2D eigenvalue weighted by atomic mass is 9.99. The van der Waals surface area contributed by atoms with E-state index < -0.39 is 0 Å². The van der Waals surface area contributed by atoms with Gasteiger partial charge in [-0.1, -0.05) is 30.3 Å². The number of hydrogen-bond acceptors (Lipinski definition) is 4. The molecule has 0 amide bonds. The second-order valence-corrected chi connectivity index (χ2v) is 4.69. The Morgan fingerprint density at radius 3 is 2.90 bits per heavy atom. The van der Waals surface area contributed by atoms with Gasteiger partial charge in [-0.3, -0.25) is 9.67 Å². The Morgan fingerprint density at radius 2 is 2.15 bits per heavy atom. The van der Waals surface area contributed by atoms with Gasteiger partial charge in [0.15, 0.2) is 0 Å². The average molecular weight is 267 g/mol. The second-order valence-electron chi connectivity index (χ2n) is 4.69. The minimum Gasteiger partial charge on any atom is -0.305 e. The summed E-state index contributed by atoms with van der Waals surface area (Å²) in [7, 11) is 1.91. The van der Waals surface area contributed by atoms with E-state index in [-0.39, 0.29) is 6.04 Å². The van der Waals surface area contributed by atoms with Gasteiger partial charge in [0.25, 0.3) is 0 Å². The van der Waals surface area contributed by atoms with Crippen molar-refractivity contribution in [3.63, 3.8) is 0 Å². The molecule has 5 nitrogen and oxygen atoms in total. The van der Waals surface area contributed by atoms with E-state index in [9.17, 15) is 0 Å². The highest BCUT2D eigenvalue weighted by Crippen LogP contribution is 2.27. The third kappa shape index (κ3) is 2.16. The maximum atomic E-state index is 4.42. The molecular formula is C15H17N5. The molecule has 0 aliphatic carbocycles. The first-order valence-corrected chi connectivity index (χ1v) is 6.73. The number of hydrogen-bond donors (Lipinski definition) is 1. The lowest BCUT2D eigenvalue weighted by molar-refractivity contribution is 0.571. The van der Waals surface area contributed by atoms with Crippen LogP contribution >= 0.6 is 0 Å². The molecule has 0 saturated heterocycles. The molecule has 3 rings (SSSR count). The molecule has 1 aromatic carbocycles. The Bertz CT molecular complexity index is 714. The first-order chi connectivity index (χ1) is 9.81. The molecular weight excluding hydrogens is 250 g/mol. The van der Waals surface area contributed by atoms with Gasteiger partial charge < -0.3 is 5.32 Å². The molecule has 0 fully saturated rings. The van der Waals surface area contributed by atoms with Gasteiger partial charge in [-0.25, -0.2) is 0 Å². The minimum absolute atomic E-state index is 0.0629. The Labute approximate surface area is 117 Å². The molecule has 2 aromatic heterocycles. The van der Waals surface area contributed by atoms with Crippen LogP contribution in [0.2, 0.25) is 0 Å². The van der Waals surface area contributed by atoms with E-state index in [1.165, 1.54) is 5.56 Å². The van der Waals surface area contributed by atoms with E-state index >= 15 is 0 Å². The fourth-order valence-electron chi connectivity index (χ4n) is 2.52. The van der Waals surface area contributed by atoms with Gasteiger partial charge in [0, 0.05) is 18.6 Å². The maximum absolute atomic E-state index is 4.42. The summed E-state index contributed by atoms with van der Waals surface area (Å²) in [5.41, 5.74) is 3.24. The standard InChI is InChI=1S/C15H17N5/c1-3-16-15(14-10-18-19-20(14)2)12-6-4-8-13-11(12)7-5-9-17-13/h4-10,15-16H,3H2,1-2H3. The number of aryl methyl sites for hydroxylation is 1. The molecule has 0 bridgehead atoms. The van der Waals surface area contributed by atoms with Gasteiger partial charge >= 0.3 is 0 Å². The van der Waals surface area contributed by atoms with Gasteiger partial charge in [-0.2, -0.15) is 0 Å². The Kier molecular flexibility index (Phi) is 3.43. The van der Waals surface area contributed by atoms with Gasteiger partial charge in [0.05, 0.1) is 23.4 Å². The third-order valence-electron chi connectivity index (χ3n) is 3.44. The maximum Gasteiger partial charge on any atom is 0.0798 e. The molecule has 1 unspecified atom stereocenters. The summed E-state index contributed by atoms with van der Waals surface area (Å²) in [5, 5.41) is 12.7. The smallest absolute Gasteiger partial charge is 0.0798 e. The third-order valence-corrected chi connectivity index (χ3v) is 3.44. The molecule has 1 atom stereocenters. The van der Waals surface area contributed by atoms with E-state index in [0.717, 1.165) is 23.1 Å². The van der Waals surface area contributed by atoms with Crippen molar-refractivity contribution in [2.45, 2.75) is 13.0 Å². The van der Waals surface area contributed by atoms with Crippen LogP contribution in [0, 0.1) is 0 Å². The summed E-state index contributed by atoms with van der Waals surface area (Å²) < 4.78 is 1.81. The van der Waals surface area contributed by atoms with Crippen LogP contribution in [0.25, 0.3) is 10.9 Å². The van der Waals surface area contributed by atoms with Crippen molar-refractivity contribution in [2.24, 2.45) is 7.05 Å². The molecule has 0 saturated carbocycles.